The number of nitrogens with zero attached hydrogens (tertiary/aromatic N) is 3. The molecule has 2 aromatic carbocycles. The van der Waals surface area contributed by atoms with Crippen LogP contribution in [-0.4, -0.2) is 61.2 Å². The first-order valence-corrected chi connectivity index (χ1v) is 11.5. The fourth-order valence-corrected chi connectivity index (χ4v) is 5.41. The molecule has 33 heavy (non-hydrogen) atoms. The summed E-state index contributed by atoms with van der Waals surface area (Å²) in [5, 5.41) is 20.1. The van der Waals surface area contributed by atoms with Crippen molar-refractivity contribution < 1.29 is 31.6 Å². The lowest BCUT2D eigenvalue weighted by Crippen LogP contribution is -2.54. The van der Waals surface area contributed by atoms with Crippen molar-refractivity contribution in [2.75, 3.05) is 31.1 Å². The summed E-state index contributed by atoms with van der Waals surface area (Å²) in [4.78, 5) is 12.1. The topological polar surface area (TPSA) is 104 Å². The van der Waals surface area contributed by atoms with Gasteiger partial charge in [0.05, 0.1) is 16.4 Å². The van der Waals surface area contributed by atoms with Crippen LogP contribution in [0.1, 0.15) is 19.4 Å². The second kappa shape index (κ2) is 8.92. The summed E-state index contributed by atoms with van der Waals surface area (Å²) >= 11 is 0. The smallest absolute Gasteiger partial charge is 0.395 e. The van der Waals surface area contributed by atoms with E-state index in [1.165, 1.54) is 16.4 Å². The van der Waals surface area contributed by atoms with Gasteiger partial charge in [-0.1, -0.05) is 12.1 Å². The van der Waals surface area contributed by atoms with Crippen molar-refractivity contribution in [2.24, 2.45) is 0 Å². The van der Waals surface area contributed by atoms with Gasteiger partial charge in [0.15, 0.2) is 0 Å². The van der Waals surface area contributed by atoms with Gasteiger partial charge in [0, 0.05) is 43.5 Å². The molecule has 0 radical (unpaired) electrons. The molecule has 0 spiro atoms. The molecule has 3 rings (SSSR count). The van der Waals surface area contributed by atoms with Crippen molar-refractivity contribution in [3.05, 3.63) is 64.2 Å². The lowest BCUT2D eigenvalue weighted by molar-refractivity contribution is -0.384. The van der Waals surface area contributed by atoms with E-state index in [1.54, 1.807) is 19.1 Å². The highest BCUT2D eigenvalue weighted by Gasteiger charge is 2.52. The van der Waals surface area contributed by atoms with E-state index in [2.05, 4.69) is 0 Å². The van der Waals surface area contributed by atoms with Gasteiger partial charge in [0.2, 0.25) is 10.0 Å². The number of hydrogen-bond acceptors (Lipinski definition) is 6. The number of rotatable bonds is 6. The van der Waals surface area contributed by atoms with Crippen molar-refractivity contribution in [3.63, 3.8) is 0 Å². The van der Waals surface area contributed by atoms with Gasteiger partial charge in [-0.3, -0.25) is 10.1 Å². The maximum absolute atomic E-state index is 13.4. The number of benzene rings is 2. The van der Waals surface area contributed by atoms with Gasteiger partial charge in [0.25, 0.3) is 5.69 Å². The van der Waals surface area contributed by atoms with Gasteiger partial charge in [-0.2, -0.15) is 17.5 Å². The SMILES string of the molecule is C[C@@H]1CN(c2ccc([N+](=O)[O-])cc2)CCN1S(=O)(=O)c1ccc([C@@](C)(CO)C(F)(F)F)cc1. The van der Waals surface area contributed by atoms with E-state index in [0.717, 1.165) is 36.9 Å². The number of piperazine rings is 1. The summed E-state index contributed by atoms with van der Waals surface area (Å²) in [6.07, 6.45) is -4.70. The van der Waals surface area contributed by atoms with Crippen LogP contribution in [0.2, 0.25) is 0 Å². The Bertz CT molecular complexity index is 1110. The van der Waals surface area contributed by atoms with Crippen LogP contribution in [0.15, 0.2) is 53.4 Å². The van der Waals surface area contributed by atoms with Gasteiger partial charge in [-0.15, -0.1) is 0 Å². The summed E-state index contributed by atoms with van der Waals surface area (Å²) in [6, 6.07) is 9.93. The Hall–Kier alpha value is -2.70. The number of aliphatic hydroxyl groups excluding tert-OH is 1. The van der Waals surface area contributed by atoms with E-state index in [4.69, 9.17) is 0 Å². The summed E-state index contributed by atoms with van der Waals surface area (Å²) in [7, 11) is -3.97. The molecule has 8 nitrogen and oxygen atoms in total. The van der Waals surface area contributed by atoms with E-state index in [-0.39, 0.29) is 22.7 Å². The molecule has 0 unspecified atom stereocenters. The molecule has 12 heteroatoms. The van der Waals surface area contributed by atoms with E-state index in [1.807, 2.05) is 4.90 Å². The van der Waals surface area contributed by atoms with Crippen molar-refractivity contribution in [1.29, 1.82) is 0 Å². The molecule has 1 aliphatic heterocycles. The highest BCUT2D eigenvalue weighted by atomic mass is 32.2. The lowest BCUT2D eigenvalue weighted by Gasteiger charge is -2.40. The van der Waals surface area contributed by atoms with Gasteiger partial charge < -0.3 is 10.0 Å². The Morgan fingerprint density at radius 2 is 1.67 bits per heavy atom. The average Bonchev–Trinajstić information content (AvgIpc) is 2.77. The Morgan fingerprint density at radius 3 is 2.12 bits per heavy atom. The monoisotopic (exact) mass is 487 g/mol. The number of alkyl halides is 3. The van der Waals surface area contributed by atoms with E-state index in [0.29, 0.717) is 13.1 Å². The maximum Gasteiger partial charge on any atom is 0.400 e. The predicted molar refractivity (Wildman–Crippen MR) is 116 cm³/mol. The quantitative estimate of drug-likeness (QED) is 0.495. The first-order valence-electron chi connectivity index (χ1n) is 10.1. The van der Waals surface area contributed by atoms with Crippen LogP contribution >= 0.6 is 0 Å². The van der Waals surface area contributed by atoms with Crippen molar-refractivity contribution in [2.45, 2.75) is 36.4 Å². The molecule has 1 heterocycles. The molecule has 180 valence electrons. The fourth-order valence-electron chi connectivity index (χ4n) is 3.79. The van der Waals surface area contributed by atoms with Gasteiger partial charge in [-0.05, 0) is 43.7 Å². The zero-order valence-corrected chi connectivity index (χ0v) is 18.8. The standard InChI is InChI=1S/C21H24F3N3O5S/c1-15-13-25(17-5-7-18(8-6-17)27(29)30)11-12-26(15)33(31,32)19-9-3-16(4-10-19)20(2,14-28)21(22,23)24/h3-10,15,28H,11-14H2,1-2H3/t15-,20-/m1/s1. The van der Waals surface area contributed by atoms with Crippen LogP contribution in [0, 0.1) is 10.1 Å². The van der Waals surface area contributed by atoms with Crippen LogP contribution in [0.25, 0.3) is 0 Å². The second-order valence-corrected chi connectivity index (χ2v) is 10.1. The van der Waals surface area contributed by atoms with Crippen LogP contribution < -0.4 is 4.90 Å². The largest absolute Gasteiger partial charge is 0.400 e. The Labute approximate surface area is 189 Å². The Kier molecular flexibility index (Phi) is 6.74. The van der Waals surface area contributed by atoms with Crippen molar-refractivity contribution in [3.8, 4) is 0 Å². The Morgan fingerprint density at radius 1 is 1.09 bits per heavy atom. The molecule has 0 saturated carbocycles. The van der Waals surface area contributed by atoms with Crippen molar-refractivity contribution in [1.82, 2.24) is 4.31 Å². The molecule has 0 aromatic heterocycles. The highest BCUT2D eigenvalue weighted by molar-refractivity contribution is 7.89. The van der Waals surface area contributed by atoms with Crippen LogP contribution in [0.3, 0.4) is 0 Å². The maximum atomic E-state index is 13.4. The highest BCUT2D eigenvalue weighted by Crippen LogP contribution is 2.40. The molecule has 1 aliphatic rings. The molecule has 0 amide bonds. The molecule has 1 N–H and O–H groups in total. The first-order chi connectivity index (χ1) is 15.3. The van der Waals surface area contributed by atoms with Crippen LogP contribution in [0.4, 0.5) is 24.5 Å². The number of aliphatic hydroxyl groups is 1. The minimum absolute atomic E-state index is 0.0423. The van der Waals surface area contributed by atoms with Crippen LogP contribution in [-0.2, 0) is 15.4 Å². The number of anilines is 1. The van der Waals surface area contributed by atoms with E-state index in [9.17, 15) is 36.8 Å². The predicted octanol–water partition coefficient (Wildman–Crippen LogP) is 3.31. The van der Waals surface area contributed by atoms with Crippen LogP contribution in [0.5, 0.6) is 0 Å². The zero-order valence-electron chi connectivity index (χ0n) is 18.0. The summed E-state index contributed by atoms with van der Waals surface area (Å²) < 4.78 is 67.7. The average molecular weight is 488 g/mol. The summed E-state index contributed by atoms with van der Waals surface area (Å²) in [5.74, 6) is 0. The minimum atomic E-state index is -4.70. The molecule has 2 atom stereocenters. The van der Waals surface area contributed by atoms with Gasteiger partial charge in [0.1, 0.15) is 5.41 Å². The van der Waals surface area contributed by atoms with Gasteiger partial charge in [-0.25, -0.2) is 8.42 Å². The third-order valence-corrected chi connectivity index (χ3v) is 8.06. The molecule has 0 aliphatic carbocycles. The number of non-ortho nitro benzene ring substituents is 1. The van der Waals surface area contributed by atoms with E-state index < -0.39 is 39.2 Å². The molecule has 1 saturated heterocycles. The zero-order chi connectivity index (χ0) is 24.6. The summed E-state index contributed by atoms with van der Waals surface area (Å²) in [5.41, 5.74) is -2.05. The number of sulfonamides is 1. The summed E-state index contributed by atoms with van der Waals surface area (Å²) in [6.45, 7) is 2.23. The van der Waals surface area contributed by atoms with E-state index >= 15 is 0 Å². The Balaban J connectivity index is 1.78. The number of nitro benzene ring substituents is 1. The molecular formula is C21H24F3N3O5S. The lowest BCUT2D eigenvalue weighted by atomic mass is 9.82. The number of hydrogen-bond donors (Lipinski definition) is 1. The number of nitro groups is 1. The first kappa shape index (κ1) is 24.9. The minimum Gasteiger partial charge on any atom is -0.395 e. The third-order valence-electron chi connectivity index (χ3n) is 6.03. The fraction of sp³-hybridized carbons (Fsp3) is 0.429. The van der Waals surface area contributed by atoms with Crippen molar-refractivity contribution >= 4 is 21.4 Å². The van der Waals surface area contributed by atoms with Gasteiger partial charge >= 0.3 is 6.18 Å². The number of halogens is 3. The third kappa shape index (κ3) is 4.68. The molecule has 1 fully saturated rings. The normalized spacial score (nSPS) is 19.8. The molecule has 0 bridgehead atoms. The molecule has 2 aromatic rings. The molecular weight excluding hydrogens is 463 g/mol. The second-order valence-electron chi connectivity index (χ2n) is 8.20.